The number of benzene rings is 8. The first-order valence-corrected chi connectivity index (χ1v) is 15.4. The smallest absolute Gasteiger partial charge is 0.136 e. The molecule has 0 fully saturated rings. The van der Waals surface area contributed by atoms with E-state index in [1.807, 2.05) is 6.07 Å². The van der Waals surface area contributed by atoms with Gasteiger partial charge in [0.05, 0.1) is 0 Å². The molecule has 0 saturated heterocycles. The van der Waals surface area contributed by atoms with Crippen LogP contribution in [0.2, 0.25) is 0 Å². The molecule has 0 aliphatic heterocycles. The van der Waals surface area contributed by atoms with Gasteiger partial charge in [-0.25, -0.2) is 0 Å². The molecule has 0 spiro atoms. The van der Waals surface area contributed by atoms with Crippen LogP contribution in [0.5, 0.6) is 0 Å². The van der Waals surface area contributed by atoms with Gasteiger partial charge in [-0.1, -0.05) is 158 Å². The van der Waals surface area contributed by atoms with Gasteiger partial charge in [0.1, 0.15) is 11.2 Å². The zero-order valence-electron chi connectivity index (χ0n) is 24.6. The fourth-order valence-electron chi connectivity index (χ4n) is 7.13. The Kier molecular flexibility index (Phi) is 5.89. The van der Waals surface area contributed by atoms with Crippen LogP contribution in [-0.4, -0.2) is 0 Å². The van der Waals surface area contributed by atoms with Crippen LogP contribution in [-0.2, 0) is 0 Å². The molecule has 45 heavy (non-hydrogen) atoms. The Labute approximate surface area is 261 Å². The molecule has 0 bridgehead atoms. The number of rotatable bonds is 4. The van der Waals surface area contributed by atoms with Crippen molar-refractivity contribution >= 4 is 43.5 Å². The highest BCUT2D eigenvalue weighted by Crippen LogP contribution is 2.45. The lowest BCUT2D eigenvalue weighted by Gasteiger charge is -2.18. The van der Waals surface area contributed by atoms with Crippen molar-refractivity contribution in [3.05, 3.63) is 170 Å². The first kappa shape index (κ1) is 25.6. The maximum absolute atomic E-state index is 6.31. The number of fused-ring (bicyclic) bond motifs is 5. The van der Waals surface area contributed by atoms with Crippen molar-refractivity contribution in [3.8, 4) is 44.5 Å². The molecular formula is C44H28O. The minimum Gasteiger partial charge on any atom is -0.456 e. The third-order valence-electron chi connectivity index (χ3n) is 9.08. The molecule has 0 radical (unpaired) electrons. The van der Waals surface area contributed by atoms with E-state index in [1.54, 1.807) is 0 Å². The molecule has 0 aliphatic rings. The monoisotopic (exact) mass is 572 g/mol. The minimum atomic E-state index is 0.909. The Hall–Kier alpha value is -5.92. The molecule has 8 aromatic carbocycles. The summed E-state index contributed by atoms with van der Waals surface area (Å²) in [6.45, 7) is 0. The molecule has 1 aromatic heterocycles. The van der Waals surface area contributed by atoms with Crippen LogP contribution in [0.25, 0.3) is 88.0 Å². The largest absolute Gasteiger partial charge is 0.456 e. The van der Waals surface area contributed by atoms with Crippen molar-refractivity contribution in [2.75, 3.05) is 0 Å². The van der Waals surface area contributed by atoms with Crippen LogP contribution in [0, 0.1) is 0 Å². The number of hydrogen-bond acceptors (Lipinski definition) is 1. The maximum atomic E-state index is 6.31. The Morgan fingerprint density at radius 3 is 1.24 bits per heavy atom. The molecule has 0 saturated carbocycles. The number of hydrogen-bond donors (Lipinski definition) is 0. The van der Waals surface area contributed by atoms with E-state index < -0.39 is 0 Å². The molecule has 0 N–H and O–H groups in total. The zero-order chi connectivity index (χ0) is 29.7. The van der Waals surface area contributed by atoms with Crippen molar-refractivity contribution in [1.82, 2.24) is 0 Å². The molecule has 9 aromatic rings. The quantitative estimate of drug-likeness (QED) is 0.191. The highest BCUT2D eigenvalue weighted by molar-refractivity contribution is 6.21. The molecular weight excluding hydrogens is 544 g/mol. The Morgan fingerprint density at radius 2 is 0.689 bits per heavy atom. The molecule has 0 unspecified atom stereocenters. The molecule has 0 aliphatic carbocycles. The number of para-hydroxylation sites is 1. The van der Waals surface area contributed by atoms with Gasteiger partial charge in [0, 0.05) is 16.3 Å². The molecule has 1 nitrogen and oxygen atoms in total. The SMILES string of the molecule is c1ccc(-c2c3ccccc3c(-c3ccc(-c4ccc5oc6ccccc6c5c4-c4ccccc4)cc3)c3ccccc23)cc1. The fourth-order valence-corrected chi connectivity index (χ4v) is 7.13. The van der Waals surface area contributed by atoms with E-state index in [4.69, 9.17) is 4.42 Å². The number of furan rings is 1. The predicted molar refractivity (Wildman–Crippen MR) is 190 cm³/mol. The standard InChI is InChI=1S/C44H28O/c1-3-13-30(14-4-1)41-34-17-7-9-19-36(34)42(37-20-10-8-18-35(37)41)32-25-23-29(24-26-32)33-27-28-40-44(38-21-11-12-22-39(38)45-40)43(33)31-15-5-2-6-16-31/h1-28H. The summed E-state index contributed by atoms with van der Waals surface area (Å²) >= 11 is 0. The Balaban J connectivity index is 1.27. The summed E-state index contributed by atoms with van der Waals surface area (Å²) in [6.07, 6.45) is 0. The van der Waals surface area contributed by atoms with E-state index in [0.29, 0.717) is 0 Å². The summed E-state index contributed by atoms with van der Waals surface area (Å²) in [5.74, 6) is 0. The van der Waals surface area contributed by atoms with Crippen LogP contribution in [0.3, 0.4) is 0 Å². The molecule has 0 atom stereocenters. The van der Waals surface area contributed by atoms with E-state index in [2.05, 4.69) is 164 Å². The summed E-state index contributed by atoms with van der Waals surface area (Å²) in [7, 11) is 0. The summed E-state index contributed by atoms with van der Waals surface area (Å²) in [4.78, 5) is 0. The molecule has 1 heterocycles. The van der Waals surface area contributed by atoms with E-state index in [0.717, 1.165) is 21.9 Å². The van der Waals surface area contributed by atoms with Crippen LogP contribution in [0.15, 0.2) is 174 Å². The Bertz CT molecular complexity index is 2450. The lowest BCUT2D eigenvalue weighted by atomic mass is 9.85. The normalized spacial score (nSPS) is 11.6. The summed E-state index contributed by atoms with van der Waals surface area (Å²) in [6, 6.07) is 60.9. The van der Waals surface area contributed by atoms with Crippen molar-refractivity contribution in [3.63, 3.8) is 0 Å². The average Bonchev–Trinajstić information content (AvgIpc) is 3.50. The van der Waals surface area contributed by atoms with E-state index in [-0.39, 0.29) is 0 Å². The van der Waals surface area contributed by atoms with Crippen LogP contribution in [0.4, 0.5) is 0 Å². The summed E-state index contributed by atoms with van der Waals surface area (Å²) < 4.78 is 6.31. The van der Waals surface area contributed by atoms with Crippen LogP contribution >= 0.6 is 0 Å². The van der Waals surface area contributed by atoms with Gasteiger partial charge in [0.25, 0.3) is 0 Å². The average molecular weight is 573 g/mol. The van der Waals surface area contributed by atoms with E-state index in [9.17, 15) is 0 Å². The van der Waals surface area contributed by atoms with Gasteiger partial charge < -0.3 is 4.42 Å². The fraction of sp³-hybridized carbons (Fsp3) is 0. The van der Waals surface area contributed by atoms with Crippen LogP contribution < -0.4 is 0 Å². The topological polar surface area (TPSA) is 13.1 Å². The molecule has 210 valence electrons. The Morgan fingerprint density at radius 1 is 0.267 bits per heavy atom. The molecule has 0 amide bonds. The van der Waals surface area contributed by atoms with Crippen molar-refractivity contribution in [1.29, 1.82) is 0 Å². The minimum absolute atomic E-state index is 0.909. The van der Waals surface area contributed by atoms with Gasteiger partial charge in [0.2, 0.25) is 0 Å². The molecule has 1 heteroatoms. The highest BCUT2D eigenvalue weighted by Gasteiger charge is 2.19. The van der Waals surface area contributed by atoms with Crippen molar-refractivity contribution < 1.29 is 4.42 Å². The van der Waals surface area contributed by atoms with E-state index in [1.165, 1.54) is 66.1 Å². The highest BCUT2D eigenvalue weighted by atomic mass is 16.3. The van der Waals surface area contributed by atoms with Crippen molar-refractivity contribution in [2.45, 2.75) is 0 Å². The van der Waals surface area contributed by atoms with Gasteiger partial charge in [-0.15, -0.1) is 0 Å². The van der Waals surface area contributed by atoms with Gasteiger partial charge in [-0.05, 0) is 72.6 Å². The van der Waals surface area contributed by atoms with Gasteiger partial charge in [-0.3, -0.25) is 0 Å². The first-order valence-electron chi connectivity index (χ1n) is 15.4. The first-order chi connectivity index (χ1) is 22.3. The van der Waals surface area contributed by atoms with Gasteiger partial charge in [0.15, 0.2) is 0 Å². The zero-order valence-corrected chi connectivity index (χ0v) is 24.6. The van der Waals surface area contributed by atoms with Gasteiger partial charge >= 0.3 is 0 Å². The third-order valence-corrected chi connectivity index (χ3v) is 9.08. The second-order valence-electron chi connectivity index (χ2n) is 11.6. The predicted octanol–water partition coefficient (Wildman–Crippen LogP) is 12.6. The lowest BCUT2D eigenvalue weighted by molar-refractivity contribution is 0.669. The summed E-state index contributed by atoms with van der Waals surface area (Å²) in [5, 5.41) is 7.36. The second-order valence-corrected chi connectivity index (χ2v) is 11.6. The van der Waals surface area contributed by atoms with E-state index >= 15 is 0 Å². The second kappa shape index (κ2) is 10.4. The third kappa shape index (κ3) is 4.09. The maximum Gasteiger partial charge on any atom is 0.136 e. The lowest BCUT2D eigenvalue weighted by Crippen LogP contribution is -1.91. The van der Waals surface area contributed by atoms with Crippen LogP contribution in [0.1, 0.15) is 0 Å². The van der Waals surface area contributed by atoms with Crippen molar-refractivity contribution in [2.24, 2.45) is 0 Å². The van der Waals surface area contributed by atoms with Gasteiger partial charge in [-0.2, -0.15) is 0 Å². The molecule has 9 rings (SSSR count). The summed E-state index contributed by atoms with van der Waals surface area (Å²) in [5.41, 5.74) is 11.6.